The smallest absolute Gasteiger partial charge is 0.322 e. The van der Waals surface area contributed by atoms with Crippen LogP contribution in [-0.2, 0) is 14.3 Å². The van der Waals surface area contributed by atoms with E-state index in [1.165, 1.54) is 13.4 Å². The van der Waals surface area contributed by atoms with Crippen LogP contribution in [0.5, 0.6) is 5.75 Å². The van der Waals surface area contributed by atoms with Crippen molar-refractivity contribution in [2.45, 2.75) is 6.04 Å². The normalized spacial score (nSPS) is 16.8. The summed E-state index contributed by atoms with van der Waals surface area (Å²) in [5, 5.41) is 11.1. The second-order valence-corrected chi connectivity index (χ2v) is 7.58. The molecule has 1 aromatic carbocycles. The van der Waals surface area contributed by atoms with Crippen LogP contribution in [0.2, 0.25) is 0 Å². The molecule has 0 saturated carbocycles. The van der Waals surface area contributed by atoms with E-state index in [0.29, 0.717) is 35.9 Å². The number of methoxy groups -OCH3 is 2. The number of benzene rings is 1. The summed E-state index contributed by atoms with van der Waals surface area (Å²) < 4.78 is 10.2. The number of hydrogen-bond donors (Lipinski definition) is 3. The van der Waals surface area contributed by atoms with E-state index in [1.54, 1.807) is 43.3 Å². The number of hydrogen-bond acceptors (Lipinski definition) is 7. The molecule has 186 valence electrons. The van der Waals surface area contributed by atoms with E-state index >= 15 is 0 Å². The second-order valence-electron chi connectivity index (χ2n) is 7.58. The average Bonchev–Trinajstić information content (AvgIpc) is 3.58. The first kappa shape index (κ1) is 25.9. The number of nitrogens with one attached hydrogen (secondary N) is 3. The molecule has 4 rings (SSSR count). The summed E-state index contributed by atoms with van der Waals surface area (Å²) in [4.78, 5) is 39.7. The van der Waals surface area contributed by atoms with Crippen molar-refractivity contribution in [1.29, 1.82) is 0 Å². The van der Waals surface area contributed by atoms with Gasteiger partial charge in [-0.25, -0.2) is 9.78 Å². The zero-order valence-electron chi connectivity index (χ0n) is 20.1. The van der Waals surface area contributed by atoms with E-state index in [9.17, 15) is 14.4 Å². The lowest BCUT2D eigenvalue weighted by atomic mass is 10.1. The Morgan fingerprint density at radius 2 is 2.08 bits per heavy atom. The fourth-order valence-electron chi connectivity index (χ4n) is 3.36. The van der Waals surface area contributed by atoms with Crippen molar-refractivity contribution in [2.24, 2.45) is 0 Å². The van der Waals surface area contributed by atoms with E-state index in [2.05, 4.69) is 44.2 Å². The van der Waals surface area contributed by atoms with Gasteiger partial charge in [0.25, 0.3) is 11.8 Å². The molecule has 1 unspecified atom stereocenters. The van der Waals surface area contributed by atoms with Crippen molar-refractivity contribution in [3.05, 3.63) is 66.0 Å². The van der Waals surface area contributed by atoms with E-state index in [0.717, 1.165) is 11.1 Å². The van der Waals surface area contributed by atoms with Gasteiger partial charge in [-0.1, -0.05) is 36.6 Å². The van der Waals surface area contributed by atoms with Crippen LogP contribution >= 0.6 is 0 Å². The third kappa shape index (κ3) is 6.25. The van der Waals surface area contributed by atoms with Crippen molar-refractivity contribution in [1.82, 2.24) is 30.7 Å². The van der Waals surface area contributed by atoms with Gasteiger partial charge in [-0.3, -0.25) is 20.0 Å². The van der Waals surface area contributed by atoms with Gasteiger partial charge in [-0.05, 0) is 23.8 Å². The van der Waals surface area contributed by atoms with Gasteiger partial charge in [-0.2, -0.15) is 5.10 Å². The van der Waals surface area contributed by atoms with Gasteiger partial charge < -0.3 is 19.7 Å². The molecule has 0 bridgehead atoms. The van der Waals surface area contributed by atoms with Gasteiger partial charge in [0.05, 0.1) is 19.3 Å². The molecule has 0 radical (unpaired) electrons. The van der Waals surface area contributed by atoms with Crippen molar-refractivity contribution >= 4 is 17.8 Å². The van der Waals surface area contributed by atoms with Crippen LogP contribution in [0.1, 0.15) is 5.56 Å². The van der Waals surface area contributed by atoms with Gasteiger partial charge in [0.15, 0.2) is 11.9 Å². The number of carbonyl (C=O) groups excluding carboxylic acids is 3. The molecule has 1 aromatic heterocycles. The van der Waals surface area contributed by atoms with Crippen LogP contribution in [-0.4, -0.2) is 78.4 Å². The van der Waals surface area contributed by atoms with Crippen LogP contribution in [0.15, 0.2) is 60.5 Å². The lowest BCUT2D eigenvalue weighted by Crippen LogP contribution is -2.26. The standard InChI is InChI=1S/C14H11N5O3.C11H15NO2/c1-22-11-6-9(12-15-7-16-19-12)3-2-8(11)4-5-10-13(20)18-14(21)17-10;1-4-10-9(6-5-7-14-3)8-12(2)11(10)13/h2-3,6-7,10H,1H3,(H,15,16,19)(H2,17,18,20,21);4-6H,1,7-8H2,2-3H3/b;6-5-. The first-order valence-corrected chi connectivity index (χ1v) is 10.8. The minimum absolute atomic E-state index is 0.0390. The van der Waals surface area contributed by atoms with Gasteiger partial charge in [0, 0.05) is 31.8 Å². The van der Waals surface area contributed by atoms with Gasteiger partial charge in [0.2, 0.25) is 0 Å². The van der Waals surface area contributed by atoms with Crippen molar-refractivity contribution in [3.63, 3.8) is 0 Å². The molecule has 11 nitrogen and oxygen atoms in total. The highest BCUT2D eigenvalue weighted by Crippen LogP contribution is 2.24. The molecule has 1 atom stereocenters. The molecule has 3 N–H and O–H groups in total. The minimum Gasteiger partial charge on any atom is -0.495 e. The molecule has 2 aromatic rings. The van der Waals surface area contributed by atoms with Crippen molar-refractivity contribution in [3.8, 4) is 29.0 Å². The lowest BCUT2D eigenvalue weighted by molar-refractivity contribution is -0.124. The van der Waals surface area contributed by atoms with Crippen LogP contribution in [0.25, 0.3) is 11.4 Å². The molecule has 1 saturated heterocycles. The second kappa shape index (κ2) is 12.1. The molecule has 0 aliphatic carbocycles. The highest BCUT2D eigenvalue weighted by atomic mass is 16.5. The molecule has 11 heteroatoms. The number of imide groups is 1. The van der Waals surface area contributed by atoms with Gasteiger partial charge in [0.1, 0.15) is 12.1 Å². The number of carbonyl (C=O) groups is 3. The summed E-state index contributed by atoms with van der Waals surface area (Å²) in [6.07, 6.45) is 6.84. The van der Waals surface area contributed by atoms with Crippen LogP contribution in [0, 0.1) is 11.8 Å². The maximum Gasteiger partial charge on any atom is 0.322 e. The molecular formula is C25H26N6O5. The summed E-state index contributed by atoms with van der Waals surface area (Å²) >= 11 is 0. The summed E-state index contributed by atoms with van der Waals surface area (Å²) in [7, 11) is 4.94. The highest BCUT2D eigenvalue weighted by molar-refractivity contribution is 6.06. The fourth-order valence-corrected chi connectivity index (χ4v) is 3.36. The zero-order chi connectivity index (χ0) is 26.1. The predicted molar refractivity (Wildman–Crippen MR) is 132 cm³/mol. The van der Waals surface area contributed by atoms with Crippen molar-refractivity contribution in [2.75, 3.05) is 34.4 Å². The quantitative estimate of drug-likeness (QED) is 0.408. The number of H-pyrrole nitrogens is 1. The largest absolute Gasteiger partial charge is 0.495 e. The van der Waals surface area contributed by atoms with E-state index in [-0.39, 0.29) is 5.91 Å². The highest BCUT2D eigenvalue weighted by Gasteiger charge is 2.27. The maximum absolute atomic E-state index is 11.5. The number of ether oxygens (including phenoxy) is 2. The number of aromatic amines is 1. The van der Waals surface area contributed by atoms with Crippen LogP contribution in [0.4, 0.5) is 4.79 Å². The van der Waals surface area contributed by atoms with E-state index < -0.39 is 18.0 Å². The number of nitrogens with zero attached hydrogens (tertiary/aromatic N) is 3. The van der Waals surface area contributed by atoms with Crippen molar-refractivity contribution < 1.29 is 23.9 Å². The number of rotatable bonds is 6. The number of urea groups is 1. The Bertz CT molecular complexity index is 1270. The zero-order valence-corrected chi connectivity index (χ0v) is 20.1. The van der Waals surface area contributed by atoms with Crippen LogP contribution < -0.4 is 15.4 Å². The summed E-state index contributed by atoms with van der Waals surface area (Å²) in [5.74, 6) is 6.25. The number of aromatic nitrogens is 3. The molecule has 0 spiro atoms. The molecular weight excluding hydrogens is 464 g/mol. The maximum atomic E-state index is 11.5. The number of amides is 4. The van der Waals surface area contributed by atoms with Gasteiger partial charge >= 0.3 is 6.03 Å². The Kier molecular flexibility index (Phi) is 8.74. The SMILES string of the molecule is C=CC1=C(/C=C\COC)CN(C)C1=O.COc1cc(-c2ncn[nH]2)ccc1C#CC1NC(=O)NC1=O. The summed E-state index contributed by atoms with van der Waals surface area (Å²) in [5.41, 5.74) is 3.09. The molecule has 36 heavy (non-hydrogen) atoms. The number of likely N-dealkylation sites (N-methyl/N-ethyl adjacent to an activating group) is 1. The van der Waals surface area contributed by atoms with E-state index in [4.69, 9.17) is 9.47 Å². The minimum atomic E-state index is -0.855. The monoisotopic (exact) mass is 490 g/mol. The Labute approximate surface area is 208 Å². The fraction of sp³-hybridized carbons (Fsp3) is 0.240. The Morgan fingerprint density at radius 1 is 1.28 bits per heavy atom. The molecule has 1 fully saturated rings. The first-order chi connectivity index (χ1) is 17.4. The third-order valence-electron chi connectivity index (χ3n) is 5.13. The van der Waals surface area contributed by atoms with Gasteiger partial charge in [-0.15, -0.1) is 0 Å². The third-order valence-corrected chi connectivity index (χ3v) is 5.13. The topological polar surface area (TPSA) is 139 Å². The summed E-state index contributed by atoms with van der Waals surface area (Å²) in [6, 6.07) is 3.92. The van der Waals surface area contributed by atoms with Crippen LogP contribution in [0.3, 0.4) is 0 Å². The molecule has 4 amide bonds. The Hall–Kier alpha value is -4.69. The molecule has 2 aliphatic heterocycles. The summed E-state index contributed by atoms with van der Waals surface area (Å²) in [6.45, 7) is 4.85. The molecule has 3 heterocycles. The Morgan fingerprint density at radius 3 is 2.69 bits per heavy atom. The first-order valence-electron chi connectivity index (χ1n) is 10.8. The Balaban J connectivity index is 0.000000223. The lowest BCUT2D eigenvalue weighted by Gasteiger charge is -2.06. The van der Waals surface area contributed by atoms with E-state index in [1.807, 2.05) is 12.2 Å². The predicted octanol–water partition coefficient (Wildman–Crippen LogP) is 1.18. The average molecular weight is 491 g/mol. The molecule has 2 aliphatic rings.